The smallest absolute Gasteiger partial charge is 0.344 e. The van der Waals surface area contributed by atoms with Crippen LogP contribution in [0, 0.1) is 12.7 Å². The maximum atomic E-state index is 12.9. The van der Waals surface area contributed by atoms with Crippen LogP contribution in [-0.2, 0) is 14.3 Å². The van der Waals surface area contributed by atoms with Gasteiger partial charge in [-0.2, -0.15) is 0 Å². The van der Waals surface area contributed by atoms with E-state index in [4.69, 9.17) is 32.7 Å². The molecular formula is C17H14Cl2FNO4. The Morgan fingerprint density at radius 2 is 1.88 bits per heavy atom. The molecule has 2 aromatic rings. The van der Waals surface area contributed by atoms with Crippen LogP contribution in [-0.4, -0.2) is 25.1 Å². The van der Waals surface area contributed by atoms with Crippen molar-refractivity contribution in [3.05, 3.63) is 57.8 Å². The van der Waals surface area contributed by atoms with Crippen molar-refractivity contribution in [1.82, 2.24) is 0 Å². The van der Waals surface area contributed by atoms with E-state index in [1.807, 2.05) is 0 Å². The molecule has 0 saturated carbocycles. The van der Waals surface area contributed by atoms with Crippen LogP contribution < -0.4 is 10.1 Å². The maximum absolute atomic E-state index is 12.9. The fraction of sp³-hybridized carbons (Fsp3) is 0.176. The average molecular weight is 386 g/mol. The van der Waals surface area contributed by atoms with E-state index in [0.29, 0.717) is 10.8 Å². The second-order valence-electron chi connectivity index (χ2n) is 5.03. The first-order valence-corrected chi connectivity index (χ1v) is 7.90. The van der Waals surface area contributed by atoms with Crippen molar-refractivity contribution in [3.8, 4) is 5.75 Å². The minimum absolute atomic E-state index is 0.0428. The first-order chi connectivity index (χ1) is 11.8. The lowest BCUT2D eigenvalue weighted by Gasteiger charge is -2.10. The minimum Gasteiger partial charge on any atom is -0.482 e. The van der Waals surface area contributed by atoms with E-state index in [9.17, 15) is 14.0 Å². The molecule has 0 aromatic heterocycles. The van der Waals surface area contributed by atoms with Crippen molar-refractivity contribution >= 4 is 40.8 Å². The number of halogens is 3. The lowest BCUT2D eigenvalue weighted by atomic mass is 10.2. The van der Waals surface area contributed by atoms with Gasteiger partial charge >= 0.3 is 5.97 Å². The summed E-state index contributed by atoms with van der Waals surface area (Å²) in [7, 11) is 0. The molecule has 0 fully saturated rings. The molecular weight excluding hydrogens is 372 g/mol. The minimum atomic E-state index is -0.713. The Morgan fingerprint density at radius 3 is 2.56 bits per heavy atom. The van der Waals surface area contributed by atoms with Crippen molar-refractivity contribution in [1.29, 1.82) is 0 Å². The zero-order chi connectivity index (χ0) is 18.4. The summed E-state index contributed by atoms with van der Waals surface area (Å²) in [6.07, 6.45) is 0. The molecule has 1 N–H and O–H groups in total. The van der Waals surface area contributed by atoms with Gasteiger partial charge in [-0.25, -0.2) is 9.18 Å². The first kappa shape index (κ1) is 19.0. The third-order valence-corrected chi connectivity index (χ3v) is 3.60. The van der Waals surface area contributed by atoms with Crippen molar-refractivity contribution in [2.24, 2.45) is 0 Å². The molecule has 0 radical (unpaired) electrons. The third-order valence-electron chi connectivity index (χ3n) is 3.05. The summed E-state index contributed by atoms with van der Waals surface area (Å²) in [6.45, 7) is 0.912. The number of amides is 1. The molecule has 0 atom stereocenters. The van der Waals surface area contributed by atoms with Gasteiger partial charge in [0, 0.05) is 5.02 Å². The number of rotatable bonds is 6. The number of benzene rings is 2. The highest BCUT2D eigenvalue weighted by atomic mass is 35.5. The molecule has 0 heterocycles. The maximum Gasteiger partial charge on any atom is 0.344 e. The fourth-order valence-corrected chi connectivity index (χ4v) is 2.32. The lowest BCUT2D eigenvalue weighted by molar-refractivity contribution is -0.149. The Hall–Kier alpha value is -2.31. The van der Waals surface area contributed by atoms with Crippen LogP contribution in [0.1, 0.15) is 5.56 Å². The zero-order valence-electron chi connectivity index (χ0n) is 13.1. The summed E-state index contributed by atoms with van der Waals surface area (Å²) in [5, 5.41) is 3.01. The van der Waals surface area contributed by atoms with Crippen LogP contribution in [0.4, 0.5) is 10.1 Å². The molecule has 8 heteroatoms. The van der Waals surface area contributed by atoms with Gasteiger partial charge in [-0.1, -0.05) is 23.2 Å². The van der Waals surface area contributed by atoms with Gasteiger partial charge in [-0.15, -0.1) is 0 Å². The molecule has 0 bridgehead atoms. The standard InChI is InChI=1S/C17H14Cl2FNO4/c1-10-6-11(18)2-5-15(10)24-9-17(23)25-8-16(22)21-14-4-3-12(20)7-13(14)19/h2-7H,8-9H2,1H3,(H,21,22). The molecule has 0 aliphatic heterocycles. The van der Waals surface area contributed by atoms with Crippen LogP contribution in [0.25, 0.3) is 0 Å². The molecule has 2 rings (SSSR count). The van der Waals surface area contributed by atoms with Crippen LogP contribution in [0.2, 0.25) is 10.0 Å². The zero-order valence-corrected chi connectivity index (χ0v) is 14.7. The number of hydrogen-bond acceptors (Lipinski definition) is 4. The largest absolute Gasteiger partial charge is 0.482 e. The molecule has 5 nitrogen and oxygen atoms in total. The highest BCUT2D eigenvalue weighted by Crippen LogP contribution is 2.23. The molecule has 1 amide bonds. The molecule has 0 unspecified atom stereocenters. The summed E-state index contributed by atoms with van der Waals surface area (Å²) in [5.74, 6) is -1.35. The van der Waals surface area contributed by atoms with Gasteiger partial charge in [0.25, 0.3) is 5.91 Å². The molecule has 0 aliphatic carbocycles. The van der Waals surface area contributed by atoms with Crippen molar-refractivity contribution < 1.29 is 23.5 Å². The van der Waals surface area contributed by atoms with Gasteiger partial charge in [0.15, 0.2) is 13.2 Å². The number of esters is 1. The van der Waals surface area contributed by atoms with Gasteiger partial charge in [-0.05, 0) is 48.9 Å². The predicted molar refractivity (Wildman–Crippen MR) is 92.7 cm³/mol. The van der Waals surface area contributed by atoms with E-state index >= 15 is 0 Å². The van der Waals surface area contributed by atoms with Crippen LogP contribution in [0.15, 0.2) is 36.4 Å². The number of carbonyl (C=O) groups excluding carboxylic acids is 2. The highest BCUT2D eigenvalue weighted by Gasteiger charge is 2.11. The molecule has 132 valence electrons. The van der Waals surface area contributed by atoms with E-state index < -0.39 is 24.3 Å². The van der Waals surface area contributed by atoms with E-state index in [1.165, 1.54) is 6.07 Å². The highest BCUT2D eigenvalue weighted by molar-refractivity contribution is 6.33. The van der Waals surface area contributed by atoms with Crippen LogP contribution in [0.3, 0.4) is 0 Å². The topological polar surface area (TPSA) is 64.6 Å². The molecule has 0 spiro atoms. The van der Waals surface area contributed by atoms with Gasteiger partial charge in [0.2, 0.25) is 0 Å². The lowest BCUT2D eigenvalue weighted by Crippen LogP contribution is -2.23. The Balaban J connectivity index is 1.78. The van der Waals surface area contributed by atoms with Crippen LogP contribution >= 0.6 is 23.2 Å². The van der Waals surface area contributed by atoms with Crippen molar-refractivity contribution in [3.63, 3.8) is 0 Å². The first-order valence-electron chi connectivity index (χ1n) is 7.14. The van der Waals surface area contributed by atoms with Crippen molar-refractivity contribution in [2.45, 2.75) is 6.92 Å². The predicted octanol–water partition coefficient (Wildman–Crippen LogP) is 4.00. The summed E-state index contributed by atoms with van der Waals surface area (Å²) in [4.78, 5) is 23.4. The van der Waals surface area contributed by atoms with Gasteiger partial charge in [-0.3, -0.25) is 4.79 Å². The quantitative estimate of drug-likeness (QED) is 0.763. The number of ether oxygens (including phenoxy) is 2. The third kappa shape index (κ3) is 5.92. The van der Waals surface area contributed by atoms with E-state index in [2.05, 4.69) is 5.32 Å². The number of anilines is 1. The van der Waals surface area contributed by atoms with E-state index in [0.717, 1.165) is 17.7 Å². The molecule has 25 heavy (non-hydrogen) atoms. The van der Waals surface area contributed by atoms with Gasteiger partial charge < -0.3 is 14.8 Å². The molecule has 0 saturated heterocycles. The molecule has 0 aliphatic rings. The Morgan fingerprint density at radius 1 is 1.12 bits per heavy atom. The molecule has 2 aromatic carbocycles. The Bertz CT molecular complexity index is 798. The Kier molecular flexibility index (Phi) is 6.61. The SMILES string of the molecule is Cc1cc(Cl)ccc1OCC(=O)OCC(=O)Nc1ccc(F)cc1Cl. The summed E-state index contributed by atoms with van der Waals surface area (Å²) in [6, 6.07) is 8.48. The number of nitrogens with one attached hydrogen (secondary N) is 1. The van der Waals surface area contributed by atoms with Crippen LogP contribution in [0.5, 0.6) is 5.75 Å². The summed E-state index contributed by atoms with van der Waals surface area (Å²) < 4.78 is 23.0. The van der Waals surface area contributed by atoms with E-state index in [-0.39, 0.29) is 17.3 Å². The summed E-state index contributed by atoms with van der Waals surface area (Å²) >= 11 is 11.6. The van der Waals surface area contributed by atoms with Crippen molar-refractivity contribution in [2.75, 3.05) is 18.5 Å². The average Bonchev–Trinajstić information content (AvgIpc) is 2.55. The number of aryl methyl sites for hydroxylation is 1. The van der Waals surface area contributed by atoms with Gasteiger partial charge in [0.1, 0.15) is 11.6 Å². The number of carbonyl (C=O) groups is 2. The normalized spacial score (nSPS) is 10.2. The van der Waals surface area contributed by atoms with Gasteiger partial charge in [0.05, 0.1) is 10.7 Å². The monoisotopic (exact) mass is 385 g/mol. The summed E-state index contributed by atoms with van der Waals surface area (Å²) in [5.41, 5.74) is 0.987. The number of hydrogen-bond donors (Lipinski definition) is 1. The fourth-order valence-electron chi connectivity index (χ4n) is 1.88. The Labute approximate surface area is 153 Å². The second-order valence-corrected chi connectivity index (χ2v) is 5.88. The second kappa shape index (κ2) is 8.69. The van der Waals surface area contributed by atoms with E-state index in [1.54, 1.807) is 25.1 Å².